The minimum absolute atomic E-state index is 0.283. The van der Waals surface area contributed by atoms with E-state index in [9.17, 15) is 27.6 Å². The van der Waals surface area contributed by atoms with Crippen LogP contribution in [-0.4, -0.2) is 213 Å². The lowest BCUT2D eigenvalue weighted by molar-refractivity contribution is 0.0358. The van der Waals surface area contributed by atoms with Gasteiger partial charge in [0.15, 0.2) is 0 Å². The highest BCUT2D eigenvalue weighted by molar-refractivity contribution is 7.99. The maximum atomic E-state index is 13.5. The van der Waals surface area contributed by atoms with E-state index in [1.807, 2.05) is 139 Å². The number of nitrogens with one attached hydrogen (secondary N) is 3. The molecule has 0 spiro atoms. The van der Waals surface area contributed by atoms with Crippen molar-refractivity contribution >= 4 is 97.6 Å². The highest BCUT2D eigenvalue weighted by Crippen LogP contribution is 2.44. The first-order valence-corrected chi connectivity index (χ1v) is 44.0. The Morgan fingerprint density at radius 1 is 0.398 bits per heavy atom. The molecule has 3 amide bonds. The van der Waals surface area contributed by atoms with Gasteiger partial charge in [0.1, 0.15) is 70.1 Å². The van der Waals surface area contributed by atoms with Crippen LogP contribution in [0.5, 0.6) is 34.5 Å². The fraction of sp³-hybridized carbons (Fsp3) is 0.337. The average Bonchev–Trinajstić information content (AvgIpc) is 1.62. The number of carbonyl (C=O) groups is 3. The number of H-pyrrole nitrogens is 3. The van der Waals surface area contributed by atoms with Crippen LogP contribution >= 0.6 is 46.6 Å². The number of aromatic amines is 3. The van der Waals surface area contributed by atoms with Gasteiger partial charge in [-0.15, -0.1) is 0 Å². The molecule has 28 heteroatoms. The first kappa shape index (κ1) is 87.5. The average molecular weight is 1750 g/mol. The van der Waals surface area contributed by atoms with Crippen LogP contribution in [0, 0.1) is 17.5 Å². The summed E-state index contributed by atoms with van der Waals surface area (Å²) in [6.07, 6.45) is 3.23. The van der Waals surface area contributed by atoms with Crippen molar-refractivity contribution in [3.05, 3.63) is 283 Å². The molecule has 8 heterocycles. The summed E-state index contributed by atoms with van der Waals surface area (Å²) < 4.78 is 91.2. The summed E-state index contributed by atoms with van der Waals surface area (Å²) in [5.74, 6) is 4.47. The van der Waals surface area contributed by atoms with Gasteiger partial charge in [-0.2, -0.15) is 11.8 Å². The molecule has 9 aromatic carbocycles. The molecule has 3 atom stereocenters. The number of nitrogens with zero attached hydrogens (tertiary/aromatic N) is 6. The summed E-state index contributed by atoms with van der Waals surface area (Å²) in [5, 5.41) is 5.16. The summed E-state index contributed by atoms with van der Waals surface area (Å²) in [5.41, 5.74) is 11.9. The molecular weight excluding hydrogens is 1650 g/mol. The van der Waals surface area contributed by atoms with Crippen molar-refractivity contribution in [3.63, 3.8) is 0 Å². The van der Waals surface area contributed by atoms with E-state index < -0.39 is 42.2 Å². The van der Waals surface area contributed by atoms with Crippen molar-refractivity contribution in [2.45, 2.75) is 56.7 Å². The Morgan fingerprint density at radius 3 is 1.05 bits per heavy atom. The van der Waals surface area contributed by atoms with Crippen molar-refractivity contribution in [1.82, 2.24) is 44.4 Å². The smallest absolute Gasteiger partial charge is 0.416 e. The van der Waals surface area contributed by atoms with E-state index in [2.05, 4.69) is 29.7 Å². The fourth-order valence-electron chi connectivity index (χ4n) is 16.5. The lowest BCUT2D eigenvalue weighted by Gasteiger charge is -2.35. The van der Waals surface area contributed by atoms with Gasteiger partial charge in [-0.1, -0.05) is 71.2 Å². The third-order valence-corrected chi connectivity index (χ3v) is 24.4. The van der Waals surface area contributed by atoms with Crippen molar-refractivity contribution in [2.75, 3.05) is 151 Å². The van der Waals surface area contributed by atoms with Gasteiger partial charge in [-0.05, 0) is 236 Å². The zero-order chi connectivity index (χ0) is 85.1. The van der Waals surface area contributed by atoms with Crippen LogP contribution in [0.25, 0.3) is 32.7 Å². The molecule has 0 saturated carbocycles. The number of hydrogen-bond donors (Lipinski definition) is 3. The molecule has 123 heavy (non-hydrogen) atoms. The first-order chi connectivity index (χ1) is 60.1. The van der Waals surface area contributed by atoms with Gasteiger partial charge in [-0.25, -0.2) is 27.6 Å². The van der Waals surface area contributed by atoms with Crippen molar-refractivity contribution in [3.8, 4) is 34.5 Å². The van der Waals surface area contributed by atoms with E-state index in [1.54, 1.807) is 28.9 Å². The van der Waals surface area contributed by atoms with Gasteiger partial charge >= 0.3 is 18.3 Å². The van der Waals surface area contributed by atoms with Crippen LogP contribution in [0.2, 0.25) is 15.1 Å². The van der Waals surface area contributed by atoms with Crippen molar-refractivity contribution in [2.24, 2.45) is 0 Å². The zero-order valence-corrected chi connectivity index (χ0v) is 71.7. The van der Waals surface area contributed by atoms with Gasteiger partial charge in [0.05, 0.1) is 46.2 Å². The molecule has 2 saturated heterocycles. The number of amides is 3. The Labute approximate surface area is 732 Å². The molecule has 0 aliphatic carbocycles. The summed E-state index contributed by atoms with van der Waals surface area (Å²) >= 11 is 21.0. The van der Waals surface area contributed by atoms with Crippen LogP contribution in [0.1, 0.15) is 87.9 Å². The normalized spacial score (nSPS) is 16.6. The minimum atomic E-state index is -0.509. The topological polar surface area (TPSA) is 201 Å². The zero-order valence-electron chi connectivity index (χ0n) is 68.6. The Morgan fingerprint density at radius 2 is 0.715 bits per heavy atom. The molecule has 5 aliphatic heterocycles. The number of benzene rings is 9. The van der Waals surface area contributed by atoms with E-state index in [0.717, 1.165) is 192 Å². The number of ether oxygens (including phenoxy) is 9. The Balaban J connectivity index is 0.000000143. The van der Waals surface area contributed by atoms with Crippen LogP contribution in [0.4, 0.5) is 27.6 Å². The molecule has 2 fully saturated rings. The predicted molar refractivity (Wildman–Crippen MR) is 475 cm³/mol. The third kappa shape index (κ3) is 22.4. The number of carbonyl (C=O) groups excluding carboxylic acids is 3. The maximum absolute atomic E-state index is 13.5. The van der Waals surface area contributed by atoms with E-state index >= 15 is 0 Å². The number of thioether (sulfide) groups is 1. The summed E-state index contributed by atoms with van der Waals surface area (Å²) in [4.78, 5) is 63.3. The number of fused-ring (bicyclic) bond motifs is 9. The summed E-state index contributed by atoms with van der Waals surface area (Å²) in [7, 11) is 3.41. The highest BCUT2D eigenvalue weighted by atomic mass is 35.5. The Kier molecular flexibility index (Phi) is 30.1. The molecule has 644 valence electrons. The third-order valence-electron chi connectivity index (χ3n) is 22.7. The van der Waals surface area contributed by atoms with Crippen LogP contribution in [0.3, 0.4) is 0 Å². The molecule has 17 rings (SSSR count). The van der Waals surface area contributed by atoms with E-state index in [-0.39, 0.29) is 17.4 Å². The number of methoxy groups -OCH3 is 2. The van der Waals surface area contributed by atoms with Gasteiger partial charge in [0.25, 0.3) is 0 Å². The molecule has 3 unspecified atom stereocenters. The van der Waals surface area contributed by atoms with Crippen LogP contribution in [-0.2, 0) is 33.5 Å². The molecule has 3 N–H and O–H groups in total. The van der Waals surface area contributed by atoms with Crippen molar-refractivity contribution in [1.29, 1.82) is 0 Å². The predicted octanol–water partition coefficient (Wildman–Crippen LogP) is 19.6. The van der Waals surface area contributed by atoms with Gasteiger partial charge in [-0.3, -0.25) is 24.5 Å². The maximum Gasteiger partial charge on any atom is 0.416 e. The number of morpholine rings is 1. The molecular formula is C95H99Cl3F3N9O12S. The molecule has 0 radical (unpaired) electrons. The first-order valence-electron chi connectivity index (χ1n) is 41.7. The van der Waals surface area contributed by atoms with E-state index in [1.165, 1.54) is 84.3 Å². The van der Waals surface area contributed by atoms with E-state index in [4.69, 9.17) is 77.4 Å². The molecule has 5 aliphatic rings. The molecule has 3 aromatic heterocycles. The van der Waals surface area contributed by atoms with Gasteiger partial charge < -0.3 is 62.5 Å². The van der Waals surface area contributed by atoms with Gasteiger partial charge in [0.2, 0.25) is 0 Å². The van der Waals surface area contributed by atoms with E-state index in [0.29, 0.717) is 98.5 Å². The number of halogens is 6. The summed E-state index contributed by atoms with van der Waals surface area (Å²) in [6.45, 7) is 15.0. The second-order valence-electron chi connectivity index (χ2n) is 30.7. The quantitative estimate of drug-likeness (QED) is 0.0410. The van der Waals surface area contributed by atoms with Gasteiger partial charge in [0, 0.05) is 169 Å². The second-order valence-corrected chi connectivity index (χ2v) is 33.2. The second kappa shape index (κ2) is 42.3. The number of hydrogen-bond acceptors (Lipinski definition) is 16. The van der Waals surface area contributed by atoms with Crippen LogP contribution in [0.15, 0.2) is 200 Å². The standard InChI is InChI=1S/C33H37ClFN3O5.C31H31ClFN3O4.C31H31ClFN3O3S/c1-40-20-17-37(18-21-41-2)15-3-19-42-26-9-4-23(5-10-26)32-31-28(29-22-24(34)6-13-30(29)36-31)14-16-38(32)33(39)43-27-11-7-25(35)8-12-27;32-22-4-11-28-27(20-22)26-12-14-36(31(37)40-25-9-5-23(33)6-10-25)30(29(26)34-28)21-2-7-24(8-3-21)39-17-1-13-35-15-18-38-19-16-35;32-22-4-11-28-27(20-22)26-12-14-36(31(37)39-25-9-5-23(33)6-10-25)30(29(26)34-28)21-2-7-24(8-3-21)38-17-1-13-35-15-18-40-19-16-35/h4-13,22,32,36H,3,14-21H2,1-2H3;2*2-11,20,30,34H,1,12-19H2. The molecule has 12 aromatic rings. The summed E-state index contributed by atoms with van der Waals surface area (Å²) in [6, 6.07) is 56.1. The highest BCUT2D eigenvalue weighted by Gasteiger charge is 2.40. The lowest BCUT2D eigenvalue weighted by Crippen LogP contribution is -2.42. The van der Waals surface area contributed by atoms with Crippen molar-refractivity contribution < 1.29 is 70.2 Å². The SMILES string of the molecule is COCCN(CCCOc1ccc(C2c3[nH]c4ccc(Cl)cc4c3CCN2C(=O)Oc2ccc(F)cc2)cc1)CCOC.O=C(Oc1ccc(F)cc1)N1CCc2c([nH]c3ccc(Cl)cc23)C1c1ccc(OCCCN2CCOCC2)cc1.O=C(Oc1ccc(F)cc1)N1CCc2c([nH]c3ccc(Cl)cc23)C1c1ccc(OCCCN2CCSCC2)cc1. The minimum Gasteiger partial charge on any atom is -0.494 e. The molecule has 0 bridgehead atoms. The molecule has 21 nitrogen and oxygen atoms in total. The Bertz CT molecular complexity index is 5280. The number of rotatable bonds is 27. The monoisotopic (exact) mass is 1750 g/mol. The fourth-order valence-corrected chi connectivity index (χ4v) is 18.0. The largest absolute Gasteiger partial charge is 0.494 e. The Hall–Kier alpha value is -10.4. The number of aromatic nitrogens is 3. The van der Waals surface area contributed by atoms with Crippen LogP contribution < -0.4 is 28.4 Å². The lowest BCUT2D eigenvalue weighted by atomic mass is 9.92.